The van der Waals surface area contributed by atoms with Gasteiger partial charge in [-0.1, -0.05) is 6.92 Å². The van der Waals surface area contributed by atoms with Crippen LogP contribution in [0.4, 0.5) is 5.82 Å². The molecule has 0 radical (unpaired) electrons. The van der Waals surface area contributed by atoms with Crippen molar-refractivity contribution in [3.8, 4) is 0 Å². The van der Waals surface area contributed by atoms with Crippen LogP contribution in [0.1, 0.15) is 43.5 Å². The SMILES string of the molecule is CCCNc1nc(C2CC2)nc(SCC(O)CO)c1C. The molecule has 1 aromatic heterocycles. The van der Waals surface area contributed by atoms with Gasteiger partial charge in [-0.3, -0.25) is 0 Å². The third-order valence-electron chi connectivity index (χ3n) is 3.23. The van der Waals surface area contributed by atoms with E-state index in [1.807, 2.05) is 6.92 Å². The average Bonchev–Trinajstić information content (AvgIpc) is 3.29. The van der Waals surface area contributed by atoms with Gasteiger partial charge in [-0.25, -0.2) is 9.97 Å². The highest BCUT2D eigenvalue weighted by molar-refractivity contribution is 7.99. The van der Waals surface area contributed by atoms with Gasteiger partial charge in [-0.05, 0) is 26.2 Å². The molecule has 1 fully saturated rings. The smallest absolute Gasteiger partial charge is 0.135 e. The fourth-order valence-corrected chi connectivity index (χ4v) is 2.75. The number of rotatable bonds is 8. The largest absolute Gasteiger partial charge is 0.394 e. The first-order valence-corrected chi connectivity index (χ1v) is 8.18. The molecule has 112 valence electrons. The predicted molar refractivity (Wildman–Crippen MR) is 81.3 cm³/mol. The lowest BCUT2D eigenvalue weighted by Crippen LogP contribution is -2.15. The Morgan fingerprint density at radius 2 is 2.15 bits per heavy atom. The number of nitrogens with zero attached hydrogens (tertiary/aromatic N) is 2. The molecule has 0 bridgehead atoms. The fourth-order valence-electron chi connectivity index (χ4n) is 1.82. The molecule has 2 rings (SSSR count). The zero-order chi connectivity index (χ0) is 14.5. The summed E-state index contributed by atoms with van der Waals surface area (Å²) in [5.41, 5.74) is 1.03. The standard InChI is InChI=1S/C14H23N3O2S/c1-3-6-15-12-9(2)14(20-8-11(19)7-18)17-13(16-12)10-4-5-10/h10-11,18-19H,3-8H2,1-2H3,(H,15,16,17). The van der Waals surface area contributed by atoms with E-state index in [1.165, 1.54) is 24.6 Å². The van der Waals surface area contributed by atoms with Gasteiger partial charge in [0.15, 0.2) is 0 Å². The van der Waals surface area contributed by atoms with Gasteiger partial charge in [0.1, 0.15) is 16.7 Å². The number of thioether (sulfide) groups is 1. The first-order valence-electron chi connectivity index (χ1n) is 7.19. The predicted octanol–water partition coefficient (Wildman–Crippen LogP) is 1.93. The van der Waals surface area contributed by atoms with Crippen LogP contribution in [-0.2, 0) is 0 Å². The number of anilines is 1. The van der Waals surface area contributed by atoms with Crippen molar-refractivity contribution in [2.24, 2.45) is 0 Å². The zero-order valence-electron chi connectivity index (χ0n) is 12.1. The Kier molecular flexibility index (Phi) is 5.63. The lowest BCUT2D eigenvalue weighted by molar-refractivity contribution is 0.113. The van der Waals surface area contributed by atoms with Gasteiger partial charge in [-0.2, -0.15) is 0 Å². The van der Waals surface area contributed by atoms with Crippen LogP contribution < -0.4 is 5.32 Å². The van der Waals surface area contributed by atoms with Crippen molar-refractivity contribution < 1.29 is 10.2 Å². The molecule has 1 unspecified atom stereocenters. The molecular formula is C14H23N3O2S. The Labute approximate surface area is 124 Å². The van der Waals surface area contributed by atoms with Crippen LogP contribution in [0, 0.1) is 6.92 Å². The Hall–Kier alpha value is -0.850. The molecule has 0 amide bonds. The first kappa shape index (κ1) is 15.5. The Morgan fingerprint density at radius 3 is 2.75 bits per heavy atom. The summed E-state index contributed by atoms with van der Waals surface area (Å²) < 4.78 is 0. The Bertz CT molecular complexity index is 452. The van der Waals surface area contributed by atoms with Crippen LogP contribution in [-0.4, -0.2) is 45.2 Å². The minimum atomic E-state index is -0.703. The van der Waals surface area contributed by atoms with Crippen LogP contribution in [0.3, 0.4) is 0 Å². The molecular weight excluding hydrogens is 274 g/mol. The molecule has 1 aliphatic carbocycles. The van der Waals surface area contributed by atoms with Crippen molar-refractivity contribution in [3.63, 3.8) is 0 Å². The van der Waals surface area contributed by atoms with Crippen LogP contribution in [0.15, 0.2) is 5.03 Å². The summed E-state index contributed by atoms with van der Waals surface area (Å²) in [4.78, 5) is 9.26. The molecule has 20 heavy (non-hydrogen) atoms. The summed E-state index contributed by atoms with van der Waals surface area (Å²) in [7, 11) is 0. The van der Waals surface area contributed by atoms with Gasteiger partial charge < -0.3 is 15.5 Å². The van der Waals surface area contributed by atoms with Crippen LogP contribution in [0.25, 0.3) is 0 Å². The Balaban J connectivity index is 2.16. The van der Waals surface area contributed by atoms with E-state index in [0.29, 0.717) is 11.7 Å². The van der Waals surface area contributed by atoms with E-state index >= 15 is 0 Å². The molecule has 1 saturated carbocycles. The highest BCUT2D eigenvalue weighted by Gasteiger charge is 2.28. The van der Waals surface area contributed by atoms with Gasteiger partial charge >= 0.3 is 0 Å². The summed E-state index contributed by atoms with van der Waals surface area (Å²) in [6, 6.07) is 0. The van der Waals surface area contributed by atoms with E-state index in [0.717, 1.165) is 35.2 Å². The second kappa shape index (κ2) is 7.24. The third-order valence-corrected chi connectivity index (χ3v) is 4.45. The third kappa shape index (κ3) is 4.07. The number of hydrogen-bond donors (Lipinski definition) is 3. The van der Waals surface area contributed by atoms with Gasteiger partial charge in [0.25, 0.3) is 0 Å². The molecule has 0 spiro atoms. The van der Waals surface area contributed by atoms with E-state index in [1.54, 1.807) is 0 Å². The molecule has 1 aliphatic rings. The minimum absolute atomic E-state index is 0.215. The summed E-state index contributed by atoms with van der Waals surface area (Å²) in [5, 5.41) is 22.6. The van der Waals surface area contributed by atoms with Crippen LogP contribution >= 0.6 is 11.8 Å². The lowest BCUT2D eigenvalue weighted by atomic mass is 10.3. The maximum Gasteiger partial charge on any atom is 0.135 e. The van der Waals surface area contributed by atoms with Crippen LogP contribution in [0.2, 0.25) is 0 Å². The Morgan fingerprint density at radius 1 is 1.40 bits per heavy atom. The lowest BCUT2D eigenvalue weighted by Gasteiger charge is -2.14. The molecule has 6 heteroatoms. The van der Waals surface area contributed by atoms with E-state index in [-0.39, 0.29) is 6.61 Å². The summed E-state index contributed by atoms with van der Waals surface area (Å²) in [5.74, 6) is 2.77. The maximum atomic E-state index is 9.48. The zero-order valence-corrected chi connectivity index (χ0v) is 12.9. The highest BCUT2D eigenvalue weighted by Crippen LogP contribution is 2.40. The van der Waals surface area contributed by atoms with Gasteiger partial charge in [0, 0.05) is 23.8 Å². The van der Waals surface area contributed by atoms with Crippen LogP contribution in [0.5, 0.6) is 0 Å². The van der Waals surface area contributed by atoms with Crippen molar-refractivity contribution in [2.45, 2.75) is 50.2 Å². The number of hydrogen-bond acceptors (Lipinski definition) is 6. The van der Waals surface area contributed by atoms with Gasteiger partial charge in [0.2, 0.25) is 0 Å². The van der Waals surface area contributed by atoms with E-state index < -0.39 is 6.10 Å². The second-order valence-electron chi connectivity index (χ2n) is 5.21. The monoisotopic (exact) mass is 297 g/mol. The molecule has 1 aromatic rings. The molecule has 0 aromatic carbocycles. The molecule has 1 heterocycles. The minimum Gasteiger partial charge on any atom is -0.394 e. The first-order chi connectivity index (χ1) is 9.65. The topological polar surface area (TPSA) is 78.3 Å². The number of aromatic nitrogens is 2. The van der Waals surface area contributed by atoms with E-state index in [2.05, 4.69) is 22.2 Å². The molecule has 0 aliphatic heterocycles. The van der Waals surface area contributed by atoms with Crippen molar-refractivity contribution in [3.05, 3.63) is 11.4 Å². The second-order valence-corrected chi connectivity index (χ2v) is 6.22. The van der Waals surface area contributed by atoms with E-state index in [9.17, 15) is 5.11 Å². The van der Waals surface area contributed by atoms with E-state index in [4.69, 9.17) is 5.11 Å². The molecule has 1 atom stereocenters. The summed E-state index contributed by atoms with van der Waals surface area (Å²) in [6.45, 7) is 4.81. The average molecular weight is 297 g/mol. The summed E-state index contributed by atoms with van der Waals surface area (Å²) in [6.07, 6.45) is 2.68. The number of nitrogens with one attached hydrogen (secondary N) is 1. The van der Waals surface area contributed by atoms with Crippen molar-refractivity contribution in [2.75, 3.05) is 24.2 Å². The maximum absolute atomic E-state index is 9.48. The fraction of sp³-hybridized carbons (Fsp3) is 0.714. The molecule has 3 N–H and O–H groups in total. The van der Waals surface area contributed by atoms with Gasteiger partial charge in [-0.15, -0.1) is 11.8 Å². The molecule has 0 saturated heterocycles. The number of aliphatic hydroxyl groups excluding tert-OH is 2. The normalized spacial score (nSPS) is 16.2. The molecule has 5 nitrogen and oxygen atoms in total. The quantitative estimate of drug-likeness (QED) is 0.503. The summed E-state index contributed by atoms with van der Waals surface area (Å²) >= 11 is 1.49. The van der Waals surface area contributed by atoms with Gasteiger partial charge in [0.05, 0.1) is 12.7 Å². The highest BCUT2D eigenvalue weighted by atomic mass is 32.2. The van der Waals surface area contributed by atoms with Crippen molar-refractivity contribution >= 4 is 17.6 Å². The van der Waals surface area contributed by atoms with Crippen molar-refractivity contribution in [1.82, 2.24) is 9.97 Å². The number of aliphatic hydroxyl groups is 2. The van der Waals surface area contributed by atoms with Crippen molar-refractivity contribution in [1.29, 1.82) is 0 Å².